The van der Waals surface area contributed by atoms with Gasteiger partial charge in [-0.15, -0.1) is 11.3 Å². The number of thiophene rings is 1. The summed E-state index contributed by atoms with van der Waals surface area (Å²) in [6, 6.07) is 0. The summed E-state index contributed by atoms with van der Waals surface area (Å²) in [7, 11) is 0. The van der Waals surface area contributed by atoms with Crippen molar-refractivity contribution >= 4 is 34.2 Å². The Morgan fingerprint density at radius 3 is 2.54 bits per heavy atom. The molecule has 0 saturated heterocycles. The van der Waals surface area contributed by atoms with E-state index in [1.54, 1.807) is 13.8 Å². The normalized spacial score (nSPS) is 16.6. The third kappa shape index (κ3) is 4.26. The number of anilines is 1. The minimum Gasteiger partial charge on any atom is -0.459 e. The van der Waals surface area contributed by atoms with E-state index in [-0.39, 0.29) is 24.6 Å². The fourth-order valence-electron chi connectivity index (χ4n) is 3.20. The summed E-state index contributed by atoms with van der Waals surface area (Å²) < 4.78 is 10.5. The standard InChI is InChI=1S/C19H25NO5S/c1-11(2)25-19(23)16-13-8-3-4-9-14(13)26-17(16)20-15(21)10-24-18(22)12-6-5-7-12/h11-12H,3-10H2,1-2H3,(H,20,21). The quantitative estimate of drug-likeness (QED) is 0.766. The Labute approximate surface area is 157 Å². The van der Waals surface area contributed by atoms with Gasteiger partial charge in [-0.25, -0.2) is 4.79 Å². The molecule has 2 aliphatic carbocycles. The maximum atomic E-state index is 12.5. The van der Waals surface area contributed by atoms with E-state index in [1.165, 1.54) is 11.3 Å². The van der Waals surface area contributed by atoms with Gasteiger partial charge in [-0.1, -0.05) is 6.42 Å². The highest BCUT2D eigenvalue weighted by atomic mass is 32.1. The molecule has 0 spiro atoms. The number of carbonyl (C=O) groups excluding carboxylic acids is 3. The largest absolute Gasteiger partial charge is 0.459 e. The van der Waals surface area contributed by atoms with Crippen molar-refractivity contribution in [2.75, 3.05) is 11.9 Å². The molecule has 3 rings (SSSR count). The van der Waals surface area contributed by atoms with E-state index in [0.29, 0.717) is 10.6 Å². The van der Waals surface area contributed by atoms with Crippen molar-refractivity contribution in [3.8, 4) is 0 Å². The van der Waals surface area contributed by atoms with Gasteiger partial charge >= 0.3 is 11.9 Å². The lowest BCUT2D eigenvalue weighted by Gasteiger charge is -2.22. The maximum absolute atomic E-state index is 12.5. The Morgan fingerprint density at radius 2 is 1.88 bits per heavy atom. The van der Waals surface area contributed by atoms with Gasteiger partial charge in [-0.3, -0.25) is 9.59 Å². The molecule has 1 fully saturated rings. The maximum Gasteiger partial charge on any atom is 0.341 e. The lowest BCUT2D eigenvalue weighted by atomic mass is 9.86. The first kappa shape index (κ1) is 18.9. The number of carbonyl (C=O) groups is 3. The van der Waals surface area contributed by atoms with Crippen LogP contribution in [-0.4, -0.2) is 30.6 Å². The zero-order valence-electron chi connectivity index (χ0n) is 15.3. The Morgan fingerprint density at radius 1 is 1.15 bits per heavy atom. The van der Waals surface area contributed by atoms with Crippen molar-refractivity contribution in [2.24, 2.45) is 5.92 Å². The molecule has 142 valence electrons. The summed E-state index contributed by atoms with van der Waals surface area (Å²) in [4.78, 5) is 37.7. The number of ether oxygens (including phenoxy) is 2. The summed E-state index contributed by atoms with van der Waals surface area (Å²) in [5.41, 5.74) is 1.46. The predicted molar refractivity (Wildman–Crippen MR) is 98.4 cm³/mol. The number of hydrogen-bond acceptors (Lipinski definition) is 6. The summed E-state index contributed by atoms with van der Waals surface area (Å²) in [5, 5.41) is 3.26. The number of amides is 1. The molecule has 0 radical (unpaired) electrons. The van der Waals surface area contributed by atoms with Gasteiger partial charge < -0.3 is 14.8 Å². The molecule has 26 heavy (non-hydrogen) atoms. The van der Waals surface area contributed by atoms with Crippen molar-refractivity contribution in [2.45, 2.75) is 64.9 Å². The molecule has 2 aliphatic rings. The summed E-state index contributed by atoms with van der Waals surface area (Å²) in [6.07, 6.45) is 6.32. The molecule has 1 aromatic heterocycles. The molecule has 1 N–H and O–H groups in total. The Hall–Kier alpha value is -1.89. The van der Waals surface area contributed by atoms with Crippen molar-refractivity contribution < 1.29 is 23.9 Å². The van der Waals surface area contributed by atoms with E-state index in [9.17, 15) is 14.4 Å². The number of hydrogen-bond donors (Lipinski definition) is 1. The molecule has 1 saturated carbocycles. The highest BCUT2D eigenvalue weighted by Crippen LogP contribution is 2.38. The van der Waals surface area contributed by atoms with Crippen LogP contribution < -0.4 is 5.32 Å². The second kappa shape index (κ2) is 8.20. The number of rotatable bonds is 6. The first-order chi connectivity index (χ1) is 12.5. The molecular weight excluding hydrogens is 354 g/mol. The van der Waals surface area contributed by atoms with Crippen LogP contribution in [0.2, 0.25) is 0 Å². The van der Waals surface area contributed by atoms with Crippen molar-refractivity contribution in [3.05, 3.63) is 16.0 Å². The van der Waals surface area contributed by atoms with Crippen LogP contribution in [0.4, 0.5) is 5.00 Å². The molecule has 1 heterocycles. The van der Waals surface area contributed by atoms with Gasteiger partial charge in [0.2, 0.25) is 0 Å². The van der Waals surface area contributed by atoms with E-state index in [0.717, 1.165) is 55.4 Å². The highest BCUT2D eigenvalue weighted by Gasteiger charge is 2.29. The second-order valence-electron chi connectivity index (χ2n) is 7.15. The van der Waals surface area contributed by atoms with Crippen LogP contribution >= 0.6 is 11.3 Å². The molecule has 6 nitrogen and oxygen atoms in total. The van der Waals surface area contributed by atoms with E-state index in [1.807, 2.05) is 0 Å². The Balaban J connectivity index is 1.69. The smallest absolute Gasteiger partial charge is 0.341 e. The van der Waals surface area contributed by atoms with Crippen molar-refractivity contribution in [1.82, 2.24) is 0 Å². The molecule has 7 heteroatoms. The fourth-order valence-corrected chi connectivity index (χ4v) is 4.50. The summed E-state index contributed by atoms with van der Waals surface area (Å²) >= 11 is 1.43. The zero-order chi connectivity index (χ0) is 18.7. The van der Waals surface area contributed by atoms with E-state index >= 15 is 0 Å². The minimum absolute atomic E-state index is 0.0616. The van der Waals surface area contributed by atoms with E-state index in [4.69, 9.17) is 9.47 Å². The Kier molecular flexibility index (Phi) is 5.96. The zero-order valence-corrected chi connectivity index (χ0v) is 16.1. The van der Waals surface area contributed by atoms with E-state index < -0.39 is 11.9 Å². The predicted octanol–water partition coefficient (Wildman–Crippen LogP) is 3.47. The second-order valence-corrected chi connectivity index (χ2v) is 8.26. The van der Waals surface area contributed by atoms with Gasteiger partial charge in [-0.2, -0.15) is 0 Å². The molecule has 1 amide bonds. The third-order valence-electron chi connectivity index (χ3n) is 4.76. The van der Waals surface area contributed by atoms with Crippen LogP contribution in [0.3, 0.4) is 0 Å². The van der Waals surface area contributed by atoms with Crippen LogP contribution in [0.1, 0.15) is 66.8 Å². The monoisotopic (exact) mass is 379 g/mol. The van der Waals surface area contributed by atoms with Gasteiger partial charge in [0.15, 0.2) is 6.61 Å². The number of nitrogens with one attached hydrogen (secondary N) is 1. The number of fused-ring (bicyclic) bond motifs is 1. The summed E-state index contributed by atoms with van der Waals surface area (Å²) in [5.74, 6) is -1.19. The van der Waals surface area contributed by atoms with Gasteiger partial charge in [-0.05, 0) is 57.9 Å². The molecule has 0 bridgehead atoms. The van der Waals surface area contributed by atoms with Crippen LogP contribution in [0.25, 0.3) is 0 Å². The molecule has 0 atom stereocenters. The molecule has 0 aliphatic heterocycles. The molecule has 0 unspecified atom stereocenters. The van der Waals surface area contributed by atoms with Crippen molar-refractivity contribution in [3.63, 3.8) is 0 Å². The van der Waals surface area contributed by atoms with Gasteiger partial charge in [0.1, 0.15) is 5.00 Å². The lowest BCUT2D eigenvalue weighted by Crippen LogP contribution is -2.28. The molecule has 1 aromatic rings. The third-order valence-corrected chi connectivity index (χ3v) is 5.96. The SMILES string of the molecule is CC(C)OC(=O)c1c(NC(=O)COC(=O)C2CCC2)sc2c1CCCC2. The number of esters is 2. The van der Waals surface area contributed by atoms with Crippen LogP contribution in [0, 0.1) is 5.92 Å². The Bertz CT molecular complexity index is 705. The highest BCUT2D eigenvalue weighted by molar-refractivity contribution is 7.17. The summed E-state index contributed by atoms with van der Waals surface area (Å²) in [6.45, 7) is 3.28. The van der Waals surface area contributed by atoms with Crippen LogP contribution in [0.15, 0.2) is 0 Å². The average Bonchev–Trinajstić information content (AvgIpc) is 2.88. The topological polar surface area (TPSA) is 81.7 Å². The molecule has 0 aromatic carbocycles. The van der Waals surface area contributed by atoms with Crippen LogP contribution in [-0.2, 0) is 31.9 Å². The van der Waals surface area contributed by atoms with Gasteiger partial charge in [0.25, 0.3) is 5.91 Å². The lowest BCUT2D eigenvalue weighted by molar-refractivity contribution is -0.154. The fraction of sp³-hybridized carbons (Fsp3) is 0.632. The first-order valence-electron chi connectivity index (χ1n) is 9.27. The number of aryl methyl sites for hydroxylation is 1. The van der Waals surface area contributed by atoms with Crippen LogP contribution in [0.5, 0.6) is 0 Å². The van der Waals surface area contributed by atoms with Gasteiger partial charge in [0, 0.05) is 4.88 Å². The van der Waals surface area contributed by atoms with Crippen molar-refractivity contribution in [1.29, 1.82) is 0 Å². The van der Waals surface area contributed by atoms with Gasteiger partial charge in [0.05, 0.1) is 17.6 Å². The first-order valence-corrected chi connectivity index (χ1v) is 10.1. The minimum atomic E-state index is -0.421. The average molecular weight is 379 g/mol. The molecular formula is C19H25NO5S. The van der Waals surface area contributed by atoms with E-state index in [2.05, 4.69) is 5.32 Å².